The van der Waals surface area contributed by atoms with Crippen LogP contribution in [-0.4, -0.2) is 27.1 Å². The highest BCUT2D eigenvalue weighted by Gasteiger charge is 2.27. The molecule has 110 valence electrons. The van der Waals surface area contributed by atoms with Crippen molar-refractivity contribution < 1.29 is 4.92 Å². The van der Waals surface area contributed by atoms with Gasteiger partial charge in [-0.3, -0.25) is 10.1 Å². The van der Waals surface area contributed by atoms with E-state index in [1.165, 1.54) is 12.1 Å². The van der Waals surface area contributed by atoms with E-state index in [0.717, 1.165) is 31.6 Å². The Kier molecular flexibility index (Phi) is 3.79. The molecular weight excluding hydrogens is 292 g/mol. The molecule has 0 N–H and O–H groups in total. The number of nitro benzene ring substituents is 1. The highest BCUT2D eigenvalue weighted by Crippen LogP contribution is 2.34. The summed E-state index contributed by atoms with van der Waals surface area (Å²) in [6.45, 7) is 1.75. The van der Waals surface area contributed by atoms with E-state index in [1.54, 1.807) is 18.6 Å². The molecule has 0 aliphatic carbocycles. The summed E-state index contributed by atoms with van der Waals surface area (Å²) >= 11 is 6.24. The largest absolute Gasteiger partial charge is 0.366 e. The van der Waals surface area contributed by atoms with E-state index in [1.807, 2.05) is 10.8 Å². The molecule has 1 fully saturated rings. The van der Waals surface area contributed by atoms with Crippen LogP contribution in [0.5, 0.6) is 0 Å². The van der Waals surface area contributed by atoms with Gasteiger partial charge in [0.1, 0.15) is 0 Å². The quantitative estimate of drug-likeness (QED) is 0.643. The summed E-state index contributed by atoms with van der Waals surface area (Å²) in [4.78, 5) is 16.6. The fourth-order valence-electron chi connectivity index (χ4n) is 2.82. The Labute approximate surface area is 127 Å². The lowest BCUT2D eigenvalue weighted by molar-refractivity contribution is -0.384. The maximum atomic E-state index is 10.8. The molecule has 1 saturated heterocycles. The van der Waals surface area contributed by atoms with E-state index in [2.05, 4.69) is 9.88 Å². The predicted octanol–water partition coefficient (Wildman–Crippen LogP) is 3.11. The second-order valence-corrected chi connectivity index (χ2v) is 5.55. The molecule has 2 aromatic rings. The van der Waals surface area contributed by atoms with Crippen molar-refractivity contribution in [3.8, 4) is 0 Å². The smallest absolute Gasteiger partial charge is 0.271 e. The zero-order valence-electron chi connectivity index (χ0n) is 11.4. The Hall–Kier alpha value is -2.08. The molecule has 0 radical (unpaired) electrons. The molecule has 1 atom stereocenters. The molecule has 0 saturated carbocycles. The SMILES string of the molecule is O=[N+]([O-])c1ccc(N2CCCC2Cn2ccnc2)c(Cl)c1. The third kappa shape index (κ3) is 2.85. The van der Waals surface area contributed by atoms with Crippen LogP contribution >= 0.6 is 11.6 Å². The molecular formula is C14H15ClN4O2. The number of nitro groups is 1. The summed E-state index contributed by atoms with van der Waals surface area (Å²) in [7, 11) is 0. The van der Waals surface area contributed by atoms with Crippen LogP contribution in [0.1, 0.15) is 12.8 Å². The Bertz CT molecular complexity index is 644. The number of nitrogens with zero attached hydrogens (tertiary/aromatic N) is 4. The van der Waals surface area contributed by atoms with E-state index < -0.39 is 4.92 Å². The molecule has 6 nitrogen and oxygen atoms in total. The van der Waals surface area contributed by atoms with Gasteiger partial charge in [-0.05, 0) is 18.9 Å². The summed E-state index contributed by atoms with van der Waals surface area (Å²) in [5, 5.41) is 11.2. The van der Waals surface area contributed by atoms with E-state index in [-0.39, 0.29) is 5.69 Å². The van der Waals surface area contributed by atoms with Crippen LogP contribution in [0, 0.1) is 10.1 Å². The maximum Gasteiger partial charge on any atom is 0.271 e. The van der Waals surface area contributed by atoms with Crippen molar-refractivity contribution in [2.75, 3.05) is 11.4 Å². The number of halogens is 1. The first kappa shape index (κ1) is 13.9. The van der Waals surface area contributed by atoms with Crippen molar-refractivity contribution in [3.05, 3.63) is 52.1 Å². The van der Waals surface area contributed by atoms with E-state index in [0.29, 0.717) is 11.1 Å². The Morgan fingerprint density at radius 2 is 2.33 bits per heavy atom. The molecule has 0 spiro atoms. The van der Waals surface area contributed by atoms with Gasteiger partial charge >= 0.3 is 0 Å². The van der Waals surface area contributed by atoms with Crippen LogP contribution < -0.4 is 4.90 Å². The Balaban J connectivity index is 1.83. The van der Waals surface area contributed by atoms with Crippen LogP contribution in [0.3, 0.4) is 0 Å². The lowest BCUT2D eigenvalue weighted by Crippen LogP contribution is -2.32. The van der Waals surface area contributed by atoms with Crippen LogP contribution in [-0.2, 0) is 6.54 Å². The minimum absolute atomic E-state index is 0.0223. The standard InChI is InChI=1S/C14H15ClN4O2/c15-13-8-11(19(20)21)3-4-14(13)18-6-1-2-12(18)9-17-7-5-16-10-17/h3-5,7-8,10,12H,1-2,6,9H2. The van der Waals surface area contributed by atoms with Crippen LogP contribution in [0.15, 0.2) is 36.9 Å². The van der Waals surface area contributed by atoms with Gasteiger partial charge in [0.05, 0.1) is 22.0 Å². The van der Waals surface area contributed by atoms with Crippen LogP contribution in [0.2, 0.25) is 5.02 Å². The first-order chi connectivity index (χ1) is 10.1. The number of imidazole rings is 1. The molecule has 0 bridgehead atoms. The minimum atomic E-state index is -0.428. The van der Waals surface area contributed by atoms with Gasteiger partial charge in [0.15, 0.2) is 0 Å². The third-order valence-electron chi connectivity index (χ3n) is 3.81. The van der Waals surface area contributed by atoms with Crippen molar-refractivity contribution in [1.29, 1.82) is 0 Å². The monoisotopic (exact) mass is 306 g/mol. The van der Waals surface area contributed by atoms with Gasteiger partial charge in [0, 0.05) is 43.7 Å². The molecule has 3 rings (SSSR count). The number of anilines is 1. The van der Waals surface area contributed by atoms with Gasteiger partial charge in [-0.2, -0.15) is 0 Å². The summed E-state index contributed by atoms with van der Waals surface area (Å²) in [6.07, 6.45) is 7.66. The molecule has 7 heteroatoms. The molecule has 2 heterocycles. The number of aromatic nitrogens is 2. The van der Waals surface area contributed by atoms with Gasteiger partial charge in [0.2, 0.25) is 0 Å². The lowest BCUT2D eigenvalue weighted by Gasteiger charge is -2.27. The number of benzene rings is 1. The number of rotatable bonds is 4. The average molecular weight is 307 g/mol. The van der Waals surface area contributed by atoms with E-state index >= 15 is 0 Å². The summed E-state index contributed by atoms with van der Waals surface area (Å²) in [6, 6.07) is 5.00. The van der Waals surface area contributed by atoms with Gasteiger partial charge in [-0.15, -0.1) is 0 Å². The molecule has 0 amide bonds. The van der Waals surface area contributed by atoms with Gasteiger partial charge in [-0.1, -0.05) is 11.6 Å². The molecule has 1 aromatic carbocycles. The normalized spacial score (nSPS) is 18.1. The number of non-ortho nitro benzene ring substituents is 1. The average Bonchev–Trinajstić information content (AvgIpc) is 3.11. The molecule has 1 aliphatic heterocycles. The first-order valence-corrected chi connectivity index (χ1v) is 7.19. The number of hydrogen-bond acceptors (Lipinski definition) is 4. The van der Waals surface area contributed by atoms with E-state index in [9.17, 15) is 10.1 Å². The van der Waals surface area contributed by atoms with Crippen LogP contribution in [0.4, 0.5) is 11.4 Å². The van der Waals surface area contributed by atoms with Crippen molar-refractivity contribution in [1.82, 2.24) is 9.55 Å². The Morgan fingerprint density at radius 1 is 1.48 bits per heavy atom. The summed E-state index contributed by atoms with van der Waals surface area (Å²) < 4.78 is 2.04. The highest BCUT2D eigenvalue weighted by molar-refractivity contribution is 6.33. The fourth-order valence-corrected chi connectivity index (χ4v) is 3.11. The van der Waals surface area contributed by atoms with Crippen molar-refractivity contribution >= 4 is 23.0 Å². The summed E-state index contributed by atoms with van der Waals surface area (Å²) in [5.74, 6) is 0. The lowest BCUT2D eigenvalue weighted by atomic mass is 10.2. The molecule has 21 heavy (non-hydrogen) atoms. The zero-order chi connectivity index (χ0) is 14.8. The fraction of sp³-hybridized carbons (Fsp3) is 0.357. The van der Waals surface area contributed by atoms with Gasteiger partial charge in [-0.25, -0.2) is 4.98 Å². The highest BCUT2D eigenvalue weighted by atomic mass is 35.5. The first-order valence-electron chi connectivity index (χ1n) is 6.81. The topological polar surface area (TPSA) is 64.2 Å². The van der Waals surface area contributed by atoms with Crippen LogP contribution in [0.25, 0.3) is 0 Å². The molecule has 1 unspecified atom stereocenters. The number of hydrogen-bond donors (Lipinski definition) is 0. The van der Waals surface area contributed by atoms with Gasteiger partial charge < -0.3 is 9.47 Å². The van der Waals surface area contributed by atoms with Crippen molar-refractivity contribution in [2.24, 2.45) is 0 Å². The molecule has 1 aliphatic rings. The van der Waals surface area contributed by atoms with Gasteiger partial charge in [0.25, 0.3) is 5.69 Å². The van der Waals surface area contributed by atoms with Crippen molar-refractivity contribution in [2.45, 2.75) is 25.4 Å². The third-order valence-corrected chi connectivity index (χ3v) is 4.11. The Morgan fingerprint density at radius 3 is 3.00 bits per heavy atom. The minimum Gasteiger partial charge on any atom is -0.366 e. The predicted molar refractivity (Wildman–Crippen MR) is 80.7 cm³/mol. The molecule has 1 aromatic heterocycles. The van der Waals surface area contributed by atoms with E-state index in [4.69, 9.17) is 11.6 Å². The summed E-state index contributed by atoms with van der Waals surface area (Å²) in [5.41, 5.74) is 0.888. The maximum absolute atomic E-state index is 10.8. The second-order valence-electron chi connectivity index (χ2n) is 5.14. The zero-order valence-corrected chi connectivity index (χ0v) is 12.1. The second kappa shape index (κ2) is 5.73. The van der Waals surface area contributed by atoms with Crippen molar-refractivity contribution in [3.63, 3.8) is 0 Å².